The molecule has 2 amide bonds. The lowest BCUT2D eigenvalue weighted by Crippen LogP contribution is -2.26. The van der Waals surface area contributed by atoms with E-state index in [9.17, 15) is 9.59 Å². The molecule has 10 heteroatoms. The number of aryl methyl sites for hydroxylation is 1. The van der Waals surface area contributed by atoms with Crippen LogP contribution in [-0.4, -0.2) is 61.1 Å². The van der Waals surface area contributed by atoms with Crippen molar-refractivity contribution in [3.05, 3.63) is 95.1 Å². The molecule has 45 heavy (non-hydrogen) atoms. The van der Waals surface area contributed by atoms with E-state index in [1.54, 1.807) is 13.0 Å². The third-order valence-corrected chi connectivity index (χ3v) is 8.45. The molecule has 1 N–H and O–H groups in total. The van der Waals surface area contributed by atoms with Gasteiger partial charge in [0, 0.05) is 66.9 Å². The zero-order valence-corrected chi connectivity index (χ0v) is 26.2. The Morgan fingerprint density at radius 1 is 0.911 bits per heavy atom. The van der Waals surface area contributed by atoms with Crippen molar-refractivity contribution in [2.45, 2.75) is 53.6 Å². The lowest BCUT2D eigenvalue weighted by Gasteiger charge is -2.21. The van der Waals surface area contributed by atoms with Crippen molar-refractivity contribution in [1.29, 1.82) is 0 Å². The van der Waals surface area contributed by atoms with Crippen LogP contribution in [0.2, 0.25) is 0 Å². The molecular weight excluding hydrogens is 564 g/mol. The van der Waals surface area contributed by atoms with Crippen LogP contribution >= 0.6 is 0 Å². The number of benzene rings is 2. The van der Waals surface area contributed by atoms with Gasteiger partial charge in [-0.1, -0.05) is 49.7 Å². The van der Waals surface area contributed by atoms with Crippen molar-refractivity contribution in [3.8, 4) is 22.5 Å². The van der Waals surface area contributed by atoms with Crippen LogP contribution in [0, 0.1) is 6.92 Å². The lowest BCUT2D eigenvalue weighted by atomic mass is 10.0. The number of nitrogens with zero attached hydrogens (tertiary/aromatic N) is 7. The molecule has 6 rings (SSSR count). The van der Waals surface area contributed by atoms with E-state index in [4.69, 9.17) is 0 Å². The third-order valence-electron chi connectivity index (χ3n) is 8.45. The molecule has 3 aromatic heterocycles. The fraction of sp³-hybridized carbons (Fsp3) is 0.314. The first kappa shape index (κ1) is 29.9. The standard InChI is InChI=1S/C35H38N8O2/c1-5-8-18-42-22-29-31(25-13-15-28(16-14-25)41(6-2)7-3)30-20-27(17-19-43(30)32(29)35(42)45)34(44)36-21-24-9-11-26(12-10-24)33-39-37-23(4)38-40-33/h9-17,19-20H,5-8,18,21-22H2,1-4H3,(H,36,44). The predicted octanol–water partition coefficient (Wildman–Crippen LogP) is 5.69. The van der Waals surface area contributed by atoms with Crippen LogP contribution in [0.25, 0.3) is 28.0 Å². The van der Waals surface area contributed by atoms with Crippen LogP contribution in [0.1, 0.15) is 71.4 Å². The van der Waals surface area contributed by atoms with E-state index in [1.165, 1.54) is 0 Å². The predicted molar refractivity (Wildman–Crippen MR) is 175 cm³/mol. The summed E-state index contributed by atoms with van der Waals surface area (Å²) in [5.41, 5.74) is 8.06. The van der Waals surface area contributed by atoms with Gasteiger partial charge in [0.2, 0.25) is 5.82 Å². The summed E-state index contributed by atoms with van der Waals surface area (Å²) >= 11 is 0. The molecule has 10 nitrogen and oxygen atoms in total. The van der Waals surface area contributed by atoms with Gasteiger partial charge in [0.1, 0.15) is 5.69 Å². The molecule has 0 spiro atoms. The fourth-order valence-corrected chi connectivity index (χ4v) is 5.98. The van der Waals surface area contributed by atoms with Gasteiger partial charge in [-0.3, -0.25) is 9.59 Å². The number of hydrogen-bond donors (Lipinski definition) is 1. The van der Waals surface area contributed by atoms with Crippen molar-refractivity contribution < 1.29 is 9.59 Å². The van der Waals surface area contributed by atoms with Crippen LogP contribution in [0.4, 0.5) is 5.69 Å². The molecule has 0 unspecified atom stereocenters. The topological polar surface area (TPSA) is 109 Å². The third kappa shape index (κ3) is 5.87. The second-order valence-corrected chi connectivity index (χ2v) is 11.3. The number of hydrogen-bond acceptors (Lipinski definition) is 7. The average molecular weight is 603 g/mol. The quantitative estimate of drug-likeness (QED) is 0.207. The van der Waals surface area contributed by atoms with Crippen LogP contribution in [-0.2, 0) is 13.1 Å². The molecule has 0 saturated carbocycles. The molecule has 0 aliphatic carbocycles. The Kier molecular flexibility index (Phi) is 8.55. The summed E-state index contributed by atoms with van der Waals surface area (Å²) in [4.78, 5) is 31.2. The number of carbonyl (C=O) groups excluding carboxylic acids is 2. The SMILES string of the molecule is CCCCN1Cc2c(-c3ccc(N(CC)CC)cc3)c3cc(C(=O)NCc4ccc(-c5nnc(C)nn5)cc4)ccn3c2C1=O. The Balaban J connectivity index is 1.28. The highest BCUT2D eigenvalue weighted by Crippen LogP contribution is 2.39. The molecule has 230 valence electrons. The molecule has 1 aliphatic rings. The summed E-state index contributed by atoms with van der Waals surface area (Å²) in [7, 11) is 0. The van der Waals surface area contributed by atoms with E-state index in [2.05, 4.69) is 75.6 Å². The van der Waals surface area contributed by atoms with E-state index in [0.717, 1.165) is 71.5 Å². The minimum absolute atomic E-state index is 0.0442. The number of fused-ring (bicyclic) bond motifs is 3. The monoisotopic (exact) mass is 602 g/mol. The normalized spacial score (nSPS) is 12.5. The Morgan fingerprint density at radius 3 is 2.27 bits per heavy atom. The summed E-state index contributed by atoms with van der Waals surface area (Å²) in [6, 6.07) is 19.9. The summed E-state index contributed by atoms with van der Waals surface area (Å²) in [5.74, 6) is 0.829. The van der Waals surface area contributed by atoms with Gasteiger partial charge in [0.05, 0.1) is 5.52 Å². The number of pyridine rings is 1. The number of anilines is 1. The summed E-state index contributed by atoms with van der Waals surface area (Å²) in [6.45, 7) is 11.7. The number of nitrogens with one attached hydrogen (secondary N) is 1. The smallest absolute Gasteiger partial charge is 0.271 e. The minimum Gasteiger partial charge on any atom is -0.372 e. The van der Waals surface area contributed by atoms with Gasteiger partial charge in [0.25, 0.3) is 11.8 Å². The van der Waals surface area contributed by atoms with E-state index >= 15 is 0 Å². The van der Waals surface area contributed by atoms with Crippen molar-refractivity contribution in [2.24, 2.45) is 0 Å². The fourth-order valence-electron chi connectivity index (χ4n) is 5.98. The van der Waals surface area contributed by atoms with Gasteiger partial charge >= 0.3 is 0 Å². The zero-order chi connectivity index (χ0) is 31.5. The molecule has 0 bridgehead atoms. The van der Waals surface area contributed by atoms with Crippen LogP contribution in [0.5, 0.6) is 0 Å². The highest BCUT2D eigenvalue weighted by atomic mass is 16.2. The van der Waals surface area contributed by atoms with Crippen LogP contribution < -0.4 is 10.2 Å². The van der Waals surface area contributed by atoms with Crippen molar-refractivity contribution in [1.82, 2.24) is 35.0 Å². The molecule has 0 fully saturated rings. The first-order chi connectivity index (χ1) is 21.9. The van der Waals surface area contributed by atoms with Crippen LogP contribution in [0.3, 0.4) is 0 Å². The molecule has 2 aromatic carbocycles. The summed E-state index contributed by atoms with van der Waals surface area (Å²) < 4.78 is 1.96. The van der Waals surface area contributed by atoms with Crippen molar-refractivity contribution >= 4 is 23.0 Å². The number of carbonyl (C=O) groups is 2. The number of rotatable bonds is 11. The van der Waals surface area contributed by atoms with Crippen molar-refractivity contribution in [2.75, 3.05) is 24.5 Å². The largest absolute Gasteiger partial charge is 0.372 e. The highest BCUT2D eigenvalue weighted by Gasteiger charge is 2.34. The van der Waals surface area contributed by atoms with Gasteiger partial charge < -0.3 is 19.5 Å². The van der Waals surface area contributed by atoms with E-state index in [0.29, 0.717) is 36.0 Å². The maximum atomic E-state index is 13.6. The Bertz CT molecular complexity index is 1830. The number of aromatic nitrogens is 5. The van der Waals surface area contributed by atoms with Crippen molar-refractivity contribution in [3.63, 3.8) is 0 Å². The Hall–Kier alpha value is -5.12. The maximum absolute atomic E-state index is 13.6. The molecule has 0 saturated heterocycles. The molecule has 0 atom stereocenters. The molecule has 4 heterocycles. The molecule has 0 radical (unpaired) electrons. The van der Waals surface area contributed by atoms with Gasteiger partial charge in [-0.15, -0.1) is 20.4 Å². The van der Waals surface area contributed by atoms with E-state index in [1.807, 2.05) is 45.8 Å². The Labute approximate surface area is 263 Å². The van der Waals surface area contributed by atoms with E-state index in [-0.39, 0.29) is 11.8 Å². The van der Waals surface area contributed by atoms with E-state index < -0.39 is 0 Å². The highest BCUT2D eigenvalue weighted by molar-refractivity contribution is 6.05. The van der Waals surface area contributed by atoms with Gasteiger partial charge in [-0.05, 0) is 62.6 Å². The molecule has 1 aliphatic heterocycles. The van der Waals surface area contributed by atoms with Crippen LogP contribution in [0.15, 0.2) is 66.9 Å². The first-order valence-corrected chi connectivity index (χ1v) is 15.6. The first-order valence-electron chi connectivity index (χ1n) is 15.6. The second kappa shape index (κ2) is 12.9. The maximum Gasteiger partial charge on any atom is 0.271 e. The average Bonchev–Trinajstić information content (AvgIpc) is 3.56. The van der Waals surface area contributed by atoms with Gasteiger partial charge in [0.15, 0.2) is 5.82 Å². The minimum atomic E-state index is -0.183. The summed E-state index contributed by atoms with van der Waals surface area (Å²) in [6.07, 6.45) is 3.85. The van der Waals surface area contributed by atoms with Gasteiger partial charge in [-0.25, -0.2) is 0 Å². The number of amides is 2. The number of unbranched alkanes of at least 4 members (excludes halogenated alkanes) is 1. The molecule has 5 aromatic rings. The van der Waals surface area contributed by atoms with Gasteiger partial charge in [-0.2, -0.15) is 0 Å². The second-order valence-electron chi connectivity index (χ2n) is 11.3. The molecular formula is C35H38N8O2. The summed E-state index contributed by atoms with van der Waals surface area (Å²) in [5, 5.41) is 19.1. The zero-order valence-electron chi connectivity index (χ0n) is 26.2. The lowest BCUT2D eigenvalue weighted by molar-refractivity contribution is 0.0770. The Morgan fingerprint density at radius 2 is 1.60 bits per heavy atom.